The zero-order chi connectivity index (χ0) is 14.4. The van der Waals surface area contributed by atoms with Crippen molar-refractivity contribution in [2.24, 2.45) is 0 Å². The lowest BCUT2D eigenvalue weighted by Crippen LogP contribution is -2.30. The first kappa shape index (κ1) is 17.0. The van der Waals surface area contributed by atoms with E-state index in [0.29, 0.717) is 0 Å². The van der Waals surface area contributed by atoms with E-state index in [1.165, 1.54) is 7.11 Å². The summed E-state index contributed by atoms with van der Waals surface area (Å²) in [4.78, 5) is 11.8. The van der Waals surface area contributed by atoms with Crippen molar-refractivity contribution in [3.8, 4) is 0 Å². The van der Waals surface area contributed by atoms with E-state index in [9.17, 15) is 4.79 Å². The van der Waals surface area contributed by atoms with Gasteiger partial charge in [-0.05, 0) is 50.4 Å². The van der Waals surface area contributed by atoms with Crippen molar-refractivity contribution in [3.05, 3.63) is 25.6 Å². The van der Waals surface area contributed by atoms with Gasteiger partial charge in [0, 0.05) is 13.4 Å². The number of ether oxygens (including phenoxy) is 1. The van der Waals surface area contributed by atoms with E-state index in [0.717, 1.165) is 38.4 Å². The smallest absolute Gasteiger partial charge is 0.328 e. The van der Waals surface area contributed by atoms with Crippen molar-refractivity contribution in [1.82, 2.24) is 0 Å². The van der Waals surface area contributed by atoms with Crippen molar-refractivity contribution in [1.29, 1.82) is 0 Å². The Labute approximate surface area is 138 Å². The Morgan fingerprint density at radius 3 is 2.37 bits per heavy atom. The van der Waals surface area contributed by atoms with Crippen LogP contribution in [0.4, 0.5) is 5.69 Å². The number of benzene rings is 1. The fourth-order valence-electron chi connectivity index (χ4n) is 1.65. The van der Waals surface area contributed by atoms with E-state index in [1.54, 1.807) is 0 Å². The van der Waals surface area contributed by atoms with Crippen LogP contribution in [0.15, 0.2) is 25.6 Å². The molecule has 0 amide bonds. The second-order valence-corrected chi connectivity index (χ2v) is 6.73. The summed E-state index contributed by atoms with van der Waals surface area (Å²) in [6.45, 7) is 2.10. The Kier molecular flexibility index (Phi) is 7.39. The van der Waals surface area contributed by atoms with Crippen LogP contribution in [0.5, 0.6) is 0 Å². The molecule has 0 fully saturated rings. The molecular weight excluding hydrogens is 442 g/mol. The Bertz CT molecular complexity index is 429. The maximum absolute atomic E-state index is 11.8. The molecule has 3 nitrogen and oxygen atoms in total. The molecule has 1 rings (SSSR count). The van der Waals surface area contributed by atoms with Gasteiger partial charge >= 0.3 is 5.97 Å². The molecule has 1 aromatic carbocycles. The fraction of sp³-hybridized carbons (Fsp3) is 0.462. The summed E-state index contributed by atoms with van der Waals surface area (Å²) in [5.41, 5.74) is 0.856. The Morgan fingerprint density at radius 2 is 1.89 bits per heavy atom. The van der Waals surface area contributed by atoms with Gasteiger partial charge in [0.25, 0.3) is 0 Å². The van der Waals surface area contributed by atoms with Crippen LogP contribution in [0.25, 0.3) is 0 Å². The second-order valence-electron chi connectivity index (χ2n) is 4.11. The minimum Gasteiger partial charge on any atom is -0.467 e. The van der Waals surface area contributed by atoms with Crippen molar-refractivity contribution >= 4 is 59.4 Å². The molecule has 0 bridgehead atoms. The number of nitrogens with one attached hydrogen (secondary N) is 1. The first-order valence-corrected chi connectivity index (χ1v) is 8.36. The number of rotatable bonds is 6. The summed E-state index contributed by atoms with van der Waals surface area (Å²) < 4.78 is 7.58. The van der Waals surface area contributed by atoms with Crippen LogP contribution in [0.2, 0.25) is 0 Å². The van der Waals surface area contributed by atoms with E-state index in [1.807, 2.05) is 12.1 Å². The number of halogens is 3. The van der Waals surface area contributed by atoms with Gasteiger partial charge in [-0.1, -0.05) is 35.7 Å². The SMILES string of the molecule is CCCCC(Nc1c(Br)cc(Br)cc1Br)C(=O)OC. The van der Waals surface area contributed by atoms with Crippen LogP contribution in [0.1, 0.15) is 26.2 Å². The monoisotopic (exact) mass is 455 g/mol. The van der Waals surface area contributed by atoms with Crippen LogP contribution in [0, 0.1) is 0 Å². The summed E-state index contributed by atoms with van der Waals surface area (Å²) in [6.07, 6.45) is 2.76. The molecule has 1 N–H and O–H groups in total. The number of esters is 1. The number of carbonyl (C=O) groups is 1. The Hall–Kier alpha value is -0.0700. The average Bonchev–Trinajstić information content (AvgIpc) is 2.36. The largest absolute Gasteiger partial charge is 0.467 e. The van der Waals surface area contributed by atoms with Crippen LogP contribution in [-0.2, 0) is 9.53 Å². The summed E-state index contributed by atoms with van der Waals surface area (Å²) in [6, 6.07) is 3.53. The molecule has 1 atom stereocenters. The zero-order valence-corrected chi connectivity index (χ0v) is 15.6. The number of hydrogen-bond acceptors (Lipinski definition) is 3. The standard InChI is InChI=1S/C13H16Br3NO2/c1-3-4-5-11(13(18)19-2)17-12-9(15)6-8(14)7-10(12)16/h6-7,11,17H,3-5H2,1-2H3. The first-order chi connectivity index (χ1) is 8.99. The molecule has 0 spiro atoms. The van der Waals surface area contributed by atoms with Gasteiger partial charge in [-0.3, -0.25) is 0 Å². The topological polar surface area (TPSA) is 38.3 Å². The lowest BCUT2D eigenvalue weighted by atomic mass is 10.1. The van der Waals surface area contributed by atoms with Crippen LogP contribution >= 0.6 is 47.8 Å². The maximum Gasteiger partial charge on any atom is 0.328 e. The zero-order valence-electron chi connectivity index (χ0n) is 10.8. The van der Waals surface area contributed by atoms with Gasteiger partial charge in [-0.15, -0.1) is 0 Å². The second kappa shape index (κ2) is 8.27. The highest BCUT2D eigenvalue weighted by Gasteiger charge is 2.20. The molecule has 0 saturated carbocycles. The predicted octanol–water partition coefficient (Wildman–Crippen LogP) is 5.12. The van der Waals surface area contributed by atoms with Crippen LogP contribution < -0.4 is 5.32 Å². The Balaban J connectivity index is 2.92. The van der Waals surface area contributed by atoms with Gasteiger partial charge in [-0.2, -0.15) is 0 Å². The highest BCUT2D eigenvalue weighted by molar-refractivity contribution is 9.11. The number of unbranched alkanes of at least 4 members (excludes halogenated alkanes) is 1. The molecular formula is C13H16Br3NO2. The summed E-state index contributed by atoms with van der Waals surface area (Å²) in [7, 11) is 1.41. The Morgan fingerprint density at radius 1 is 1.32 bits per heavy atom. The normalized spacial score (nSPS) is 12.1. The molecule has 0 heterocycles. The molecule has 0 aliphatic heterocycles. The van der Waals surface area contributed by atoms with Gasteiger partial charge < -0.3 is 10.1 Å². The number of methoxy groups -OCH3 is 1. The molecule has 1 unspecified atom stereocenters. The first-order valence-electron chi connectivity index (χ1n) is 5.98. The van der Waals surface area contributed by atoms with E-state index in [2.05, 4.69) is 60.0 Å². The molecule has 1 aromatic rings. The van der Waals surface area contributed by atoms with Crippen molar-refractivity contribution in [2.75, 3.05) is 12.4 Å². The van der Waals surface area contributed by atoms with Crippen LogP contribution in [-0.4, -0.2) is 19.1 Å². The van der Waals surface area contributed by atoms with E-state index in [4.69, 9.17) is 4.74 Å². The lowest BCUT2D eigenvalue weighted by molar-refractivity contribution is -0.141. The van der Waals surface area contributed by atoms with Gasteiger partial charge in [0.15, 0.2) is 0 Å². The summed E-state index contributed by atoms with van der Waals surface area (Å²) in [5, 5.41) is 3.24. The maximum atomic E-state index is 11.8. The third-order valence-electron chi connectivity index (χ3n) is 2.66. The average molecular weight is 458 g/mol. The number of anilines is 1. The van der Waals surface area contributed by atoms with Crippen molar-refractivity contribution in [2.45, 2.75) is 32.2 Å². The predicted molar refractivity (Wildman–Crippen MR) is 88.5 cm³/mol. The summed E-state index contributed by atoms with van der Waals surface area (Å²) in [5.74, 6) is -0.241. The minimum atomic E-state index is -0.335. The van der Waals surface area contributed by atoms with Gasteiger partial charge in [0.1, 0.15) is 6.04 Å². The van der Waals surface area contributed by atoms with Crippen molar-refractivity contribution in [3.63, 3.8) is 0 Å². The molecule has 6 heteroatoms. The lowest BCUT2D eigenvalue weighted by Gasteiger charge is -2.19. The van der Waals surface area contributed by atoms with E-state index in [-0.39, 0.29) is 12.0 Å². The third-order valence-corrected chi connectivity index (χ3v) is 4.37. The van der Waals surface area contributed by atoms with E-state index < -0.39 is 0 Å². The van der Waals surface area contributed by atoms with Crippen LogP contribution in [0.3, 0.4) is 0 Å². The fourth-order valence-corrected chi connectivity index (χ4v) is 4.14. The highest BCUT2D eigenvalue weighted by atomic mass is 79.9. The van der Waals surface area contributed by atoms with E-state index >= 15 is 0 Å². The highest BCUT2D eigenvalue weighted by Crippen LogP contribution is 2.35. The van der Waals surface area contributed by atoms with Gasteiger partial charge in [-0.25, -0.2) is 4.79 Å². The molecule has 0 aromatic heterocycles. The number of carbonyl (C=O) groups excluding carboxylic acids is 1. The molecule has 106 valence electrons. The molecule has 0 saturated heterocycles. The molecule has 19 heavy (non-hydrogen) atoms. The minimum absolute atomic E-state index is 0.241. The molecule has 0 aliphatic carbocycles. The number of hydrogen-bond donors (Lipinski definition) is 1. The third kappa shape index (κ3) is 5.08. The molecule has 0 radical (unpaired) electrons. The van der Waals surface area contributed by atoms with Gasteiger partial charge in [0.2, 0.25) is 0 Å². The summed E-state index contributed by atoms with van der Waals surface area (Å²) >= 11 is 10.4. The van der Waals surface area contributed by atoms with Gasteiger partial charge in [0.05, 0.1) is 12.8 Å². The molecule has 0 aliphatic rings. The van der Waals surface area contributed by atoms with Crippen molar-refractivity contribution < 1.29 is 9.53 Å². The quantitative estimate of drug-likeness (QED) is 0.603.